The van der Waals surface area contributed by atoms with Gasteiger partial charge in [-0.1, -0.05) is 115 Å². The van der Waals surface area contributed by atoms with Crippen LogP contribution in [0.5, 0.6) is 46.0 Å². The van der Waals surface area contributed by atoms with Gasteiger partial charge in [0.05, 0.1) is 0 Å². The zero-order valence-corrected chi connectivity index (χ0v) is 30.7. The Kier molecular flexibility index (Phi) is 6.97. The standard InChI is InChI=1S/C50H30O9/c51-43-39-36(25-17-20-34-33(22-25)37-27-12-4-2-9-24(27)16-21-35(37)59-34)40-42(46(54)50(58)48(56)44(40)52)38(41(39)45(53)49(57)47(43)55)32-19-18-31(29-13-5-6-14-30(29)32)28-15-7-10-23-8-1-3-11-26(23)28/h1-22,51-58H. The fourth-order valence-corrected chi connectivity index (χ4v) is 9.09. The molecule has 0 aliphatic heterocycles. The third-order valence-electron chi connectivity index (χ3n) is 11.7. The first-order valence-electron chi connectivity index (χ1n) is 18.7. The summed E-state index contributed by atoms with van der Waals surface area (Å²) in [7, 11) is 0. The average Bonchev–Trinajstić information content (AvgIpc) is 3.66. The summed E-state index contributed by atoms with van der Waals surface area (Å²) in [6, 6.07) is 41.7. The summed E-state index contributed by atoms with van der Waals surface area (Å²) in [5.41, 5.74) is 3.51. The maximum atomic E-state index is 11.9. The van der Waals surface area contributed by atoms with Crippen molar-refractivity contribution < 1.29 is 45.3 Å². The minimum atomic E-state index is -1.04. The minimum absolute atomic E-state index is 0.0218. The lowest BCUT2D eigenvalue weighted by atomic mass is 9.81. The molecule has 11 aromatic rings. The molecule has 0 bridgehead atoms. The lowest BCUT2D eigenvalue weighted by molar-refractivity contribution is 0.350. The van der Waals surface area contributed by atoms with E-state index in [1.807, 2.05) is 109 Å². The highest BCUT2D eigenvalue weighted by Gasteiger charge is 2.33. The zero-order valence-electron chi connectivity index (χ0n) is 30.7. The van der Waals surface area contributed by atoms with Crippen LogP contribution < -0.4 is 0 Å². The van der Waals surface area contributed by atoms with Crippen LogP contribution >= 0.6 is 0 Å². The molecular weight excluding hydrogens is 745 g/mol. The topological polar surface area (TPSA) is 175 Å². The minimum Gasteiger partial charge on any atom is -0.504 e. The molecule has 1 heterocycles. The fraction of sp³-hybridized carbons (Fsp3) is 0. The van der Waals surface area contributed by atoms with Gasteiger partial charge in [-0.05, 0) is 72.8 Å². The van der Waals surface area contributed by atoms with Gasteiger partial charge in [-0.3, -0.25) is 0 Å². The molecule has 0 fully saturated rings. The van der Waals surface area contributed by atoms with Crippen LogP contribution in [0.15, 0.2) is 138 Å². The smallest absolute Gasteiger partial charge is 0.204 e. The van der Waals surface area contributed by atoms with Crippen LogP contribution in [0.3, 0.4) is 0 Å². The van der Waals surface area contributed by atoms with E-state index in [0.717, 1.165) is 43.4 Å². The van der Waals surface area contributed by atoms with Crippen molar-refractivity contribution in [2.45, 2.75) is 0 Å². The van der Waals surface area contributed by atoms with Gasteiger partial charge in [0.15, 0.2) is 23.0 Å². The second-order valence-electron chi connectivity index (χ2n) is 14.7. The van der Waals surface area contributed by atoms with E-state index >= 15 is 0 Å². The van der Waals surface area contributed by atoms with Gasteiger partial charge in [-0.2, -0.15) is 0 Å². The van der Waals surface area contributed by atoms with Crippen LogP contribution in [0.25, 0.3) is 109 Å². The lowest BCUT2D eigenvalue weighted by Crippen LogP contribution is -1.95. The number of hydrogen-bond donors (Lipinski definition) is 8. The predicted molar refractivity (Wildman–Crippen MR) is 231 cm³/mol. The van der Waals surface area contributed by atoms with Gasteiger partial charge < -0.3 is 45.3 Å². The molecule has 59 heavy (non-hydrogen) atoms. The maximum Gasteiger partial charge on any atom is 0.204 e. The Morgan fingerprint density at radius 3 is 1.37 bits per heavy atom. The molecule has 0 saturated heterocycles. The summed E-state index contributed by atoms with van der Waals surface area (Å²) in [5, 5.41) is 98.2. The van der Waals surface area contributed by atoms with E-state index in [0.29, 0.717) is 33.1 Å². The summed E-state index contributed by atoms with van der Waals surface area (Å²) in [5.74, 6) is -7.53. The van der Waals surface area contributed by atoms with Crippen molar-refractivity contribution in [1.82, 2.24) is 0 Å². The monoisotopic (exact) mass is 774 g/mol. The van der Waals surface area contributed by atoms with Crippen LogP contribution in [-0.4, -0.2) is 40.9 Å². The number of fused-ring (bicyclic) bond motifs is 9. The van der Waals surface area contributed by atoms with E-state index in [1.165, 1.54) is 0 Å². The van der Waals surface area contributed by atoms with Crippen molar-refractivity contribution in [3.8, 4) is 79.4 Å². The van der Waals surface area contributed by atoms with Crippen LogP contribution in [-0.2, 0) is 0 Å². The molecule has 0 aliphatic rings. The Morgan fingerprint density at radius 2 is 0.746 bits per heavy atom. The summed E-state index contributed by atoms with van der Waals surface area (Å²) >= 11 is 0. The van der Waals surface area contributed by atoms with Crippen molar-refractivity contribution in [1.29, 1.82) is 0 Å². The largest absolute Gasteiger partial charge is 0.504 e. The number of rotatable bonds is 3. The van der Waals surface area contributed by atoms with Gasteiger partial charge in [0.25, 0.3) is 0 Å². The summed E-state index contributed by atoms with van der Waals surface area (Å²) in [4.78, 5) is 0. The highest BCUT2D eigenvalue weighted by Crippen LogP contribution is 2.62. The molecule has 0 aliphatic carbocycles. The molecule has 9 nitrogen and oxygen atoms in total. The first kappa shape index (κ1) is 34.0. The van der Waals surface area contributed by atoms with Crippen molar-refractivity contribution in [2.24, 2.45) is 0 Å². The molecule has 0 spiro atoms. The number of aromatic hydroxyl groups is 8. The second-order valence-corrected chi connectivity index (χ2v) is 14.7. The van der Waals surface area contributed by atoms with E-state index in [2.05, 4.69) is 0 Å². The third kappa shape index (κ3) is 4.55. The molecule has 0 unspecified atom stereocenters. The summed E-state index contributed by atoms with van der Waals surface area (Å²) in [6.45, 7) is 0. The molecule has 10 aromatic carbocycles. The van der Waals surface area contributed by atoms with Crippen LogP contribution in [0.2, 0.25) is 0 Å². The quantitative estimate of drug-likeness (QED) is 0.0493. The maximum absolute atomic E-state index is 11.9. The number of phenols is 8. The lowest BCUT2D eigenvalue weighted by Gasteiger charge is -2.23. The van der Waals surface area contributed by atoms with Crippen LogP contribution in [0.1, 0.15) is 0 Å². The van der Waals surface area contributed by atoms with Crippen molar-refractivity contribution in [2.75, 3.05) is 0 Å². The molecule has 11 rings (SSSR count). The number of phenolic OH excluding ortho intramolecular Hbond substituents is 8. The highest BCUT2D eigenvalue weighted by atomic mass is 16.4. The Bertz CT molecular complexity index is 3570. The van der Waals surface area contributed by atoms with Crippen molar-refractivity contribution in [3.05, 3.63) is 133 Å². The van der Waals surface area contributed by atoms with E-state index < -0.39 is 46.0 Å². The number of hydrogen-bond acceptors (Lipinski definition) is 9. The first-order valence-corrected chi connectivity index (χ1v) is 18.7. The molecule has 1 aromatic heterocycles. The van der Waals surface area contributed by atoms with Crippen molar-refractivity contribution >= 4 is 75.8 Å². The normalized spacial score (nSPS) is 11.9. The van der Waals surface area contributed by atoms with Gasteiger partial charge in [0, 0.05) is 43.4 Å². The molecule has 0 atom stereocenters. The molecule has 8 N–H and O–H groups in total. The Hall–Kier alpha value is -8.30. The molecule has 0 amide bonds. The van der Waals surface area contributed by atoms with Crippen molar-refractivity contribution in [3.63, 3.8) is 0 Å². The zero-order chi connectivity index (χ0) is 40.4. The van der Waals surface area contributed by atoms with Crippen LogP contribution in [0, 0.1) is 0 Å². The molecule has 0 radical (unpaired) electrons. The van der Waals surface area contributed by atoms with E-state index in [1.54, 1.807) is 24.3 Å². The van der Waals surface area contributed by atoms with Gasteiger partial charge in [-0.15, -0.1) is 0 Å². The summed E-state index contributed by atoms with van der Waals surface area (Å²) < 4.78 is 6.24. The Balaban J connectivity index is 1.33. The predicted octanol–water partition coefficient (Wildman–Crippen LogP) is 12.0. The molecule has 0 saturated carbocycles. The summed E-state index contributed by atoms with van der Waals surface area (Å²) in [6.07, 6.45) is 0. The van der Waals surface area contributed by atoms with Crippen LogP contribution in [0.4, 0.5) is 0 Å². The molecule has 284 valence electrons. The fourth-order valence-electron chi connectivity index (χ4n) is 9.09. The number of furan rings is 1. The Labute approximate surface area is 333 Å². The molecular formula is C50H30O9. The third-order valence-corrected chi connectivity index (χ3v) is 11.7. The van der Waals surface area contributed by atoms with Gasteiger partial charge >= 0.3 is 0 Å². The SMILES string of the molecule is Oc1c(O)c(O)c2c(-c3ccc(-c4cccc5ccccc45)c4ccccc34)c3c(O)c(O)c(O)c(O)c3c(-c3ccc4oc5ccc6ccccc6c5c4c3)c2c1O. The van der Waals surface area contributed by atoms with Gasteiger partial charge in [-0.25, -0.2) is 0 Å². The van der Waals surface area contributed by atoms with E-state index in [-0.39, 0.29) is 32.7 Å². The highest BCUT2D eigenvalue weighted by molar-refractivity contribution is 6.31. The molecule has 9 heteroatoms. The number of benzene rings is 10. The van der Waals surface area contributed by atoms with E-state index in [4.69, 9.17) is 4.42 Å². The second kappa shape index (κ2) is 12.1. The first-order chi connectivity index (χ1) is 28.6. The van der Waals surface area contributed by atoms with E-state index in [9.17, 15) is 40.9 Å². The Morgan fingerprint density at radius 1 is 0.288 bits per heavy atom. The van der Waals surface area contributed by atoms with Gasteiger partial charge in [0.2, 0.25) is 23.0 Å². The average molecular weight is 775 g/mol. The van der Waals surface area contributed by atoms with Gasteiger partial charge in [0.1, 0.15) is 11.2 Å².